The normalized spacial score (nSPS) is 10.3. The lowest BCUT2D eigenvalue weighted by Gasteiger charge is -2.03. The lowest BCUT2D eigenvalue weighted by Crippen LogP contribution is -2.16. The molecule has 0 bridgehead atoms. The highest BCUT2D eigenvalue weighted by Crippen LogP contribution is 2.13. The molecule has 0 saturated heterocycles. The zero-order chi connectivity index (χ0) is 13.0. The largest absolute Gasteiger partial charge is 0.336 e. The standard InChI is InChI=1S/C9H9ClN6OS/c10-6-1-2-7(12-3-6)14-8(17)4-18-9-15-13-5-16(9)11/h1-3,5H,4,11H2,(H,12,14,17). The third kappa shape index (κ3) is 3.34. The summed E-state index contributed by atoms with van der Waals surface area (Å²) in [6, 6.07) is 3.27. The van der Waals surface area contributed by atoms with Crippen molar-refractivity contribution in [2.24, 2.45) is 0 Å². The van der Waals surface area contributed by atoms with Crippen molar-refractivity contribution >= 4 is 35.1 Å². The fraction of sp³-hybridized carbons (Fsp3) is 0.111. The second kappa shape index (κ2) is 5.69. The monoisotopic (exact) mass is 284 g/mol. The molecule has 0 aliphatic heterocycles. The van der Waals surface area contributed by atoms with E-state index in [1.807, 2.05) is 0 Å². The van der Waals surface area contributed by atoms with Gasteiger partial charge in [-0.3, -0.25) is 4.79 Å². The molecule has 0 fully saturated rings. The molecule has 1 amide bonds. The molecule has 0 unspecified atom stereocenters. The van der Waals surface area contributed by atoms with Gasteiger partial charge in [0.1, 0.15) is 12.1 Å². The maximum Gasteiger partial charge on any atom is 0.236 e. The van der Waals surface area contributed by atoms with Gasteiger partial charge in [0.2, 0.25) is 11.1 Å². The molecule has 2 aromatic heterocycles. The second-order valence-corrected chi connectivity index (χ2v) is 4.60. The predicted octanol–water partition coefficient (Wildman–Crippen LogP) is 0.771. The third-order valence-corrected chi connectivity index (χ3v) is 3.05. The van der Waals surface area contributed by atoms with Crippen LogP contribution in [0.3, 0.4) is 0 Å². The molecule has 0 saturated carbocycles. The molecule has 0 spiro atoms. The Morgan fingerprint density at radius 3 is 3.00 bits per heavy atom. The van der Waals surface area contributed by atoms with Crippen molar-refractivity contribution < 1.29 is 4.79 Å². The smallest absolute Gasteiger partial charge is 0.236 e. The summed E-state index contributed by atoms with van der Waals surface area (Å²) in [4.78, 5) is 15.6. The molecular weight excluding hydrogens is 276 g/mol. The molecule has 2 heterocycles. The van der Waals surface area contributed by atoms with E-state index in [4.69, 9.17) is 17.4 Å². The summed E-state index contributed by atoms with van der Waals surface area (Å²) < 4.78 is 1.25. The van der Waals surface area contributed by atoms with Gasteiger partial charge in [-0.25, -0.2) is 9.66 Å². The Morgan fingerprint density at radius 2 is 2.39 bits per heavy atom. The minimum absolute atomic E-state index is 0.167. The summed E-state index contributed by atoms with van der Waals surface area (Å²) >= 11 is 6.87. The second-order valence-electron chi connectivity index (χ2n) is 3.22. The molecule has 0 aliphatic rings. The molecule has 0 aromatic carbocycles. The van der Waals surface area contributed by atoms with Crippen LogP contribution in [0.4, 0.5) is 5.82 Å². The number of anilines is 1. The number of nitrogens with two attached hydrogens (primary N) is 1. The highest BCUT2D eigenvalue weighted by atomic mass is 35.5. The molecule has 18 heavy (non-hydrogen) atoms. The van der Waals surface area contributed by atoms with Crippen molar-refractivity contribution in [3.8, 4) is 0 Å². The van der Waals surface area contributed by atoms with Crippen LogP contribution in [0.1, 0.15) is 0 Å². The first-order valence-electron chi connectivity index (χ1n) is 4.84. The number of amides is 1. The summed E-state index contributed by atoms with van der Waals surface area (Å²) in [6.45, 7) is 0. The zero-order valence-corrected chi connectivity index (χ0v) is 10.6. The summed E-state index contributed by atoms with van der Waals surface area (Å²) in [5, 5.41) is 10.9. The zero-order valence-electron chi connectivity index (χ0n) is 9.08. The Hall–Kier alpha value is -1.80. The molecule has 0 radical (unpaired) electrons. The average Bonchev–Trinajstić information content (AvgIpc) is 2.75. The molecule has 0 atom stereocenters. The quantitative estimate of drug-likeness (QED) is 0.636. The van der Waals surface area contributed by atoms with E-state index in [-0.39, 0.29) is 11.7 Å². The molecule has 0 aliphatic carbocycles. The highest BCUT2D eigenvalue weighted by Gasteiger charge is 2.08. The van der Waals surface area contributed by atoms with E-state index in [1.54, 1.807) is 12.1 Å². The molecular formula is C9H9ClN6OS. The van der Waals surface area contributed by atoms with Crippen LogP contribution in [-0.2, 0) is 4.79 Å². The summed E-state index contributed by atoms with van der Waals surface area (Å²) in [5.74, 6) is 5.91. The van der Waals surface area contributed by atoms with Gasteiger partial charge in [0, 0.05) is 6.20 Å². The fourth-order valence-electron chi connectivity index (χ4n) is 1.09. The van der Waals surface area contributed by atoms with Gasteiger partial charge in [-0.1, -0.05) is 23.4 Å². The maximum absolute atomic E-state index is 11.6. The van der Waals surface area contributed by atoms with Gasteiger partial charge in [-0.15, -0.1) is 10.2 Å². The van der Waals surface area contributed by atoms with Gasteiger partial charge in [0.05, 0.1) is 10.8 Å². The van der Waals surface area contributed by atoms with Crippen LogP contribution < -0.4 is 11.2 Å². The van der Waals surface area contributed by atoms with Gasteiger partial charge in [0.25, 0.3) is 0 Å². The number of halogens is 1. The Bertz CT molecular complexity index is 542. The first-order chi connectivity index (χ1) is 8.65. The predicted molar refractivity (Wildman–Crippen MR) is 68.8 cm³/mol. The number of rotatable bonds is 4. The third-order valence-electron chi connectivity index (χ3n) is 1.87. The number of nitrogens with one attached hydrogen (secondary N) is 1. The van der Waals surface area contributed by atoms with E-state index in [1.165, 1.54) is 29.0 Å². The van der Waals surface area contributed by atoms with E-state index >= 15 is 0 Å². The van der Waals surface area contributed by atoms with E-state index in [0.29, 0.717) is 16.0 Å². The fourth-order valence-corrected chi connectivity index (χ4v) is 1.84. The first kappa shape index (κ1) is 12.7. The first-order valence-corrected chi connectivity index (χ1v) is 6.21. The van der Waals surface area contributed by atoms with Crippen LogP contribution in [0, 0.1) is 0 Å². The number of thioether (sulfide) groups is 1. The van der Waals surface area contributed by atoms with E-state index in [2.05, 4.69) is 20.5 Å². The Balaban J connectivity index is 1.86. The van der Waals surface area contributed by atoms with Crippen LogP contribution in [0.5, 0.6) is 0 Å². The van der Waals surface area contributed by atoms with Crippen molar-refractivity contribution in [1.29, 1.82) is 0 Å². The van der Waals surface area contributed by atoms with Crippen LogP contribution in [-0.4, -0.2) is 31.5 Å². The number of carbonyl (C=O) groups excluding carboxylic acids is 1. The maximum atomic E-state index is 11.6. The molecule has 3 N–H and O–H groups in total. The lowest BCUT2D eigenvalue weighted by molar-refractivity contribution is -0.113. The molecule has 7 nitrogen and oxygen atoms in total. The Labute approximate surface area is 112 Å². The minimum Gasteiger partial charge on any atom is -0.336 e. The van der Waals surface area contributed by atoms with Crippen molar-refractivity contribution in [2.45, 2.75) is 5.16 Å². The van der Waals surface area contributed by atoms with Crippen molar-refractivity contribution in [3.05, 3.63) is 29.7 Å². The van der Waals surface area contributed by atoms with Crippen molar-refractivity contribution in [2.75, 3.05) is 16.9 Å². The number of aromatic nitrogens is 4. The van der Waals surface area contributed by atoms with Crippen LogP contribution in [0.2, 0.25) is 5.02 Å². The number of hydrogen-bond donors (Lipinski definition) is 2. The number of hydrogen-bond acceptors (Lipinski definition) is 6. The molecule has 94 valence electrons. The number of nitrogens with zero attached hydrogens (tertiary/aromatic N) is 4. The SMILES string of the molecule is Nn1cnnc1SCC(=O)Nc1ccc(Cl)cn1. The highest BCUT2D eigenvalue weighted by molar-refractivity contribution is 7.99. The van der Waals surface area contributed by atoms with Crippen LogP contribution in [0.15, 0.2) is 29.8 Å². The van der Waals surface area contributed by atoms with E-state index in [0.717, 1.165) is 0 Å². The summed E-state index contributed by atoms with van der Waals surface area (Å²) in [7, 11) is 0. The van der Waals surface area contributed by atoms with E-state index < -0.39 is 0 Å². The average molecular weight is 285 g/mol. The van der Waals surface area contributed by atoms with Gasteiger partial charge in [-0.2, -0.15) is 0 Å². The number of pyridine rings is 1. The molecule has 2 aromatic rings. The number of nitrogen functional groups attached to an aromatic ring is 1. The minimum atomic E-state index is -0.210. The Morgan fingerprint density at radius 1 is 1.56 bits per heavy atom. The summed E-state index contributed by atoms with van der Waals surface area (Å²) in [5.41, 5.74) is 0. The van der Waals surface area contributed by atoms with Crippen LogP contribution >= 0.6 is 23.4 Å². The Kier molecular flexibility index (Phi) is 4.00. The van der Waals surface area contributed by atoms with E-state index in [9.17, 15) is 4.79 Å². The van der Waals surface area contributed by atoms with Crippen molar-refractivity contribution in [1.82, 2.24) is 19.9 Å². The van der Waals surface area contributed by atoms with Gasteiger partial charge >= 0.3 is 0 Å². The molecule has 9 heteroatoms. The number of carbonyl (C=O) groups is 1. The lowest BCUT2D eigenvalue weighted by atomic mass is 10.4. The molecule has 2 rings (SSSR count). The van der Waals surface area contributed by atoms with Crippen molar-refractivity contribution in [3.63, 3.8) is 0 Å². The van der Waals surface area contributed by atoms with Gasteiger partial charge in [0.15, 0.2) is 0 Å². The topological polar surface area (TPSA) is 98.7 Å². The summed E-state index contributed by atoms with van der Waals surface area (Å²) in [6.07, 6.45) is 2.82. The van der Waals surface area contributed by atoms with Gasteiger partial charge < -0.3 is 11.2 Å². The van der Waals surface area contributed by atoms with Crippen LogP contribution in [0.25, 0.3) is 0 Å². The van der Waals surface area contributed by atoms with Gasteiger partial charge in [-0.05, 0) is 12.1 Å².